The molecule has 0 radical (unpaired) electrons. The van der Waals surface area contributed by atoms with Crippen molar-refractivity contribution < 1.29 is 5.11 Å². The van der Waals surface area contributed by atoms with Crippen LogP contribution < -0.4 is 0 Å². The Morgan fingerprint density at radius 3 is 2.60 bits per heavy atom. The second-order valence-electron chi connectivity index (χ2n) is 4.17. The van der Waals surface area contributed by atoms with Gasteiger partial charge in [0.05, 0.1) is 5.76 Å². The van der Waals surface area contributed by atoms with E-state index in [0.717, 1.165) is 12.3 Å². The van der Waals surface area contributed by atoms with Crippen molar-refractivity contribution in [1.82, 2.24) is 0 Å². The molecule has 0 aromatic heterocycles. The highest BCUT2D eigenvalue weighted by Gasteiger charge is 2.51. The van der Waals surface area contributed by atoms with Crippen molar-refractivity contribution in [3.05, 3.63) is 11.8 Å². The Balaban J connectivity index is 2.30. The van der Waals surface area contributed by atoms with Crippen LogP contribution in [0, 0.1) is 17.3 Å². The van der Waals surface area contributed by atoms with E-state index in [9.17, 15) is 5.11 Å². The van der Waals surface area contributed by atoms with E-state index in [-0.39, 0.29) is 0 Å². The van der Waals surface area contributed by atoms with Gasteiger partial charge in [-0.25, -0.2) is 0 Å². The van der Waals surface area contributed by atoms with E-state index in [1.165, 1.54) is 6.42 Å². The summed E-state index contributed by atoms with van der Waals surface area (Å²) in [6.07, 6.45) is 4.30. The van der Waals surface area contributed by atoms with Crippen LogP contribution >= 0.6 is 0 Å². The summed E-state index contributed by atoms with van der Waals surface area (Å²) in [6.45, 7) is 4.52. The van der Waals surface area contributed by atoms with Crippen LogP contribution in [-0.4, -0.2) is 5.11 Å². The molecule has 1 nitrogen and oxygen atoms in total. The summed E-state index contributed by atoms with van der Waals surface area (Å²) in [5.74, 6) is 1.96. The normalized spacial score (nSPS) is 42.0. The fraction of sp³-hybridized carbons (Fsp3) is 0.778. The van der Waals surface area contributed by atoms with Gasteiger partial charge in [0.15, 0.2) is 0 Å². The standard InChI is InChI=1S/C9H14O/c1-9(2)6-3-4-8(10)7(9)5-6/h4,6-7,10H,3,5H2,1-2H3. The van der Waals surface area contributed by atoms with Crippen molar-refractivity contribution in [3.63, 3.8) is 0 Å². The minimum atomic E-state index is 0.388. The zero-order valence-corrected chi connectivity index (χ0v) is 6.59. The first-order valence-electron chi connectivity index (χ1n) is 4.01. The Kier molecular flexibility index (Phi) is 0.988. The van der Waals surface area contributed by atoms with E-state index in [0.29, 0.717) is 17.1 Å². The van der Waals surface area contributed by atoms with Gasteiger partial charge in [-0.15, -0.1) is 0 Å². The van der Waals surface area contributed by atoms with E-state index < -0.39 is 0 Å². The third-order valence-electron chi connectivity index (χ3n) is 3.44. The van der Waals surface area contributed by atoms with Gasteiger partial charge in [-0.3, -0.25) is 0 Å². The Hall–Kier alpha value is -0.460. The lowest BCUT2D eigenvalue weighted by Gasteiger charge is -2.54. The van der Waals surface area contributed by atoms with E-state index in [1.807, 2.05) is 6.08 Å². The first kappa shape index (κ1) is 6.26. The zero-order valence-electron chi connectivity index (χ0n) is 6.59. The van der Waals surface area contributed by atoms with Crippen molar-refractivity contribution in [3.8, 4) is 0 Å². The SMILES string of the molecule is CC1(C)C2CC=C(O)C1C2. The molecule has 1 N–H and O–H groups in total. The molecule has 2 bridgehead atoms. The largest absolute Gasteiger partial charge is 0.512 e. The summed E-state index contributed by atoms with van der Waals surface area (Å²) in [6, 6.07) is 0. The summed E-state index contributed by atoms with van der Waals surface area (Å²) in [5.41, 5.74) is 0.388. The van der Waals surface area contributed by atoms with Gasteiger partial charge in [-0.1, -0.05) is 13.8 Å². The van der Waals surface area contributed by atoms with Crippen molar-refractivity contribution in [2.75, 3.05) is 0 Å². The molecule has 56 valence electrons. The third-order valence-corrected chi connectivity index (χ3v) is 3.44. The maximum Gasteiger partial charge on any atom is 0.0919 e. The summed E-state index contributed by atoms with van der Waals surface area (Å²) in [4.78, 5) is 0. The number of fused-ring (bicyclic) bond motifs is 1. The van der Waals surface area contributed by atoms with Gasteiger partial charge in [0, 0.05) is 5.92 Å². The van der Waals surface area contributed by atoms with Gasteiger partial charge in [0.25, 0.3) is 0 Å². The predicted molar refractivity (Wildman–Crippen MR) is 40.7 cm³/mol. The molecule has 0 amide bonds. The average molecular weight is 138 g/mol. The lowest BCUT2D eigenvalue weighted by molar-refractivity contribution is -0.0328. The van der Waals surface area contributed by atoms with Gasteiger partial charge in [0.2, 0.25) is 0 Å². The van der Waals surface area contributed by atoms with Crippen LogP contribution in [0.2, 0.25) is 0 Å². The van der Waals surface area contributed by atoms with Crippen molar-refractivity contribution in [2.45, 2.75) is 26.7 Å². The Morgan fingerprint density at radius 1 is 1.60 bits per heavy atom. The van der Waals surface area contributed by atoms with Crippen molar-refractivity contribution in [1.29, 1.82) is 0 Å². The highest BCUT2D eigenvalue weighted by molar-refractivity contribution is 5.17. The summed E-state index contributed by atoms with van der Waals surface area (Å²) in [7, 11) is 0. The summed E-state index contributed by atoms with van der Waals surface area (Å²) in [5, 5.41) is 9.41. The minimum absolute atomic E-state index is 0.388. The first-order chi connectivity index (χ1) is 4.62. The molecule has 2 unspecified atom stereocenters. The average Bonchev–Trinajstić information content (AvgIpc) is 1.87. The molecule has 0 aromatic rings. The fourth-order valence-corrected chi connectivity index (χ4v) is 2.32. The second-order valence-corrected chi connectivity index (χ2v) is 4.17. The second kappa shape index (κ2) is 1.58. The highest BCUT2D eigenvalue weighted by atomic mass is 16.3. The number of hydrogen-bond acceptors (Lipinski definition) is 1. The van der Waals surface area contributed by atoms with E-state index in [2.05, 4.69) is 13.8 Å². The molecule has 2 atom stereocenters. The van der Waals surface area contributed by atoms with E-state index in [1.54, 1.807) is 0 Å². The molecule has 3 aliphatic rings. The Labute approximate surface area is 61.8 Å². The molecule has 0 spiro atoms. The molecular formula is C9H14O. The van der Waals surface area contributed by atoms with Crippen LogP contribution in [0.25, 0.3) is 0 Å². The third kappa shape index (κ3) is 0.536. The lowest BCUT2D eigenvalue weighted by atomic mass is 9.50. The topological polar surface area (TPSA) is 20.2 Å². The molecule has 10 heavy (non-hydrogen) atoms. The van der Waals surface area contributed by atoms with Crippen LogP contribution in [0.3, 0.4) is 0 Å². The van der Waals surface area contributed by atoms with Crippen LogP contribution in [-0.2, 0) is 0 Å². The molecule has 0 heterocycles. The minimum Gasteiger partial charge on any atom is -0.512 e. The number of hydrogen-bond donors (Lipinski definition) is 1. The molecule has 3 rings (SSSR count). The molecule has 1 saturated carbocycles. The molecular weight excluding hydrogens is 124 g/mol. The first-order valence-corrected chi connectivity index (χ1v) is 4.01. The van der Waals surface area contributed by atoms with Gasteiger partial charge < -0.3 is 5.11 Å². The molecule has 0 aliphatic heterocycles. The van der Waals surface area contributed by atoms with Crippen LogP contribution in [0.5, 0.6) is 0 Å². The van der Waals surface area contributed by atoms with Crippen molar-refractivity contribution >= 4 is 0 Å². The maximum atomic E-state index is 9.41. The number of rotatable bonds is 0. The zero-order chi connectivity index (χ0) is 7.35. The fourth-order valence-electron chi connectivity index (χ4n) is 2.32. The summed E-state index contributed by atoms with van der Waals surface area (Å²) < 4.78 is 0. The van der Waals surface area contributed by atoms with Crippen molar-refractivity contribution in [2.24, 2.45) is 17.3 Å². The lowest BCUT2D eigenvalue weighted by Crippen LogP contribution is -2.47. The number of allylic oxidation sites excluding steroid dienone is 2. The monoisotopic (exact) mass is 138 g/mol. The van der Waals surface area contributed by atoms with Gasteiger partial charge in [-0.05, 0) is 30.3 Å². The Bertz CT molecular complexity index is 191. The van der Waals surface area contributed by atoms with Gasteiger partial charge >= 0.3 is 0 Å². The van der Waals surface area contributed by atoms with Gasteiger partial charge in [-0.2, -0.15) is 0 Å². The van der Waals surface area contributed by atoms with Crippen LogP contribution in [0.15, 0.2) is 11.8 Å². The van der Waals surface area contributed by atoms with E-state index in [4.69, 9.17) is 0 Å². The molecule has 1 fully saturated rings. The van der Waals surface area contributed by atoms with E-state index >= 15 is 0 Å². The predicted octanol–water partition coefficient (Wildman–Crippen LogP) is 2.49. The molecule has 0 aromatic carbocycles. The molecule has 3 aliphatic carbocycles. The molecule has 0 saturated heterocycles. The number of aliphatic hydroxyl groups excluding tert-OH is 1. The maximum absolute atomic E-state index is 9.41. The van der Waals surface area contributed by atoms with Gasteiger partial charge in [0.1, 0.15) is 0 Å². The number of aliphatic hydroxyl groups is 1. The smallest absolute Gasteiger partial charge is 0.0919 e. The highest BCUT2D eigenvalue weighted by Crippen LogP contribution is 2.58. The Morgan fingerprint density at radius 2 is 2.30 bits per heavy atom. The quantitative estimate of drug-likeness (QED) is 0.545. The summed E-state index contributed by atoms with van der Waals surface area (Å²) >= 11 is 0. The molecule has 1 heteroatoms. The van der Waals surface area contributed by atoms with Crippen LogP contribution in [0.1, 0.15) is 26.7 Å². The van der Waals surface area contributed by atoms with Crippen LogP contribution in [0.4, 0.5) is 0 Å².